The van der Waals surface area contributed by atoms with Crippen molar-refractivity contribution in [2.45, 2.75) is 13.3 Å². The number of rotatable bonds is 3. The number of carbonyl (C=O) groups is 1. The van der Waals surface area contributed by atoms with Crippen LogP contribution in [0.2, 0.25) is 0 Å². The normalized spacial score (nSPS) is 10.6. The molecule has 0 atom stereocenters. The van der Waals surface area contributed by atoms with Crippen LogP contribution in [0.15, 0.2) is 27.2 Å². The maximum atomic E-state index is 13.8. The molecule has 0 bridgehead atoms. The Morgan fingerprint density at radius 1 is 1.56 bits per heavy atom. The first-order chi connectivity index (χ1) is 8.54. The fourth-order valence-electron chi connectivity index (χ4n) is 1.65. The minimum absolute atomic E-state index is 0.0179. The smallest absolute Gasteiger partial charge is 0.341 e. The van der Waals surface area contributed by atoms with Crippen molar-refractivity contribution in [2.24, 2.45) is 0 Å². The van der Waals surface area contributed by atoms with E-state index >= 15 is 0 Å². The largest absolute Gasteiger partial charge is 0.477 e. The molecule has 4 nitrogen and oxygen atoms in total. The Balaban J connectivity index is 2.64. The molecule has 1 aromatic carbocycles. The SMILES string of the molecule is CCc1onc(-c2ccc(Br)cc2F)c1C(=O)O. The molecule has 0 aliphatic carbocycles. The molecule has 2 rings (SSSR count). The second kappa shape index (κ2) is 4.89. The van der Waals surface area contributed by atoms with E-state index in [0.717, 1.165) is 0 Å². The average Bonchev–Trinajstić information content (AvgIpc) is 2.72. The van der Waals surface area contributed by atoms with Gasteiger partial charge < -0.3 is 9.63 Å². The Labute approximate surface area is 111 Å². The van der Waals surface area contributed by atoms with Crippen LogP contribution in [0, 0.1) is 5.82 Å². The van der Waals surface area contributed by atoms with Gasteiger partial charge in [0.25, 0.3) is 0 Å². The van der Waals surface area contributed by atoms with Crippen LogP contribution in [0.4, 0.5) is 4.39 Å². The van der Waals surface area contributed by atoms with Gasteiger partial charge in [0.2, 0.25) is 0 Å². The highest BCUT2D eigenvalue weighted by atomic mass is 79.9. The predicted octanol–water partition coefficient (Wildman–Crippen LogP) is 3.50. The van der Waals surface area contributed by atoms with Crippen LogP contribution in [0.3, 0.4) is 0 Å². The van der Waals surface area contributed by atoms with Gasteiger partial charge in [0, 0.05) is 16.5 Å². The maximum absolute atomic E-state index is 13.8. The van der Waals surface area contributed by atoms with Gasteiger partial charge in [0.1, 0.15) is 17.1 Å². The standard InChI is InChI=1S/C12H9BrFNO3/c1-2-9-10(12(16)17)11(15-18-9)7-4-3-6(13)5-8(7)14/h3-5H,2H2,1H3,(H,16,17). The van der Waals surface area contributed by atoms with E-state index in [9.17, 15) is 9.18 Å². The van der Waals surface area contributed by atoms with Crippen molar-refractivity contribution in [3.8, 4) is 11.3 Å². The molecule has 0 aliphatic rings. The Bertz CT molecular complexity index is 609. The number of hydrogen-bond donors (Lipinski definition) is 1. The second-order valence-corrected chi connectivity index (χ2v) is 4.53. The highest BCUT2D eigenvalue weighted by Crippen LogP contribution is 2.29. The zero-order chi connectivity index (χ0) is 13.3. The fourth-order valence-corrected chi connectivity index (χ4v) is 1.98. The third kappa shape index (κ3) is 2.15. The summed E-state index contributed by atoms with van der Waals surface area (Å²) in [5.74, 6) is -1.49. The Morgan fingerprint density at radius 3 is 2.83 bits per heavy atom. The number of halogens is 2. The van der Waals surface area contributed by atoms with E-state index in [1.54, 1.807) is 13.0 Å². The topological polar surface area (TPSA) is 63.3 Å². The molecule has 1 heterocycles. The molecular weight excluding hydrogens is 305 g/mol. The van der Waals surface area contributed by atoms with Gasteiger partial charge in [0.15, 0.2) is 5.76 Å². The molecule has 0 amide bonds. The number of carboxylic acids is 1. The van der Waals surface area contributed by atoms with Crippen LogP contribution in [-0.2, 0) is 6.42 Å². The molecule has 1 aromatic heterocycles. The van der Waals surface area contributed by atoms with Crippen molar-refractivity contribution in [1.29, 1.82) is 0 Å². The van der Waals surface area contributed by atoms with Gasteiger partial charge >= 0.3 is 5.97 Å². The summed E-state index contributed by atoms with van der Waals surface area (Å²) in [6.45, 7) is 1.74. The first-order valence-electron chi connectivity index (χ1n) is 5.21. The number of benzene rings is 1. The summed E-state index contributed by atoms with van der Waals surface area (Å²) in [6, 6.07) is 4.33. The van der Waals surface area contributed by atoms with Crippen LogP contribution < -0.4 is 0 Å². The van der Waals surface area contributed by atoms with Crippen molar-refractivity contribution in [3.05, 3.63) is 39.8 Å². The summed E-state index contributed by atoms with van der Waals surface area (Å²) in [5, 5.41) is 12.8. The number of aryl methyl sites for hydroxylation is 1. The lowest BCUT2D eigenvalue weighted by Crippen LogP contribution is -2.01. The molecule has 0 aliphatic heterocycles. The van der Waals surface area contributed by atoms with Gasteiger partial charge in [-0.25, -0.2) is 9.18 Å². The van der Waals surface area contributed by atoms with Crippen LogP contribution in [0.25, 0.3) is 11.3 Å². The Kier molecular flexibility index (Phi) is 3.47. The van der Waals surface area contributed by atoms with E-state index in [-0.39, 0.29) is 22.6 Å². The van der Waals surface area contributed by atoms with Crippen LogP contribution in [0.5, 0.6) is 0 Å². The Morgan fingerprint density at radius 2 is 2.28 bits per heavy atom. The summed E-state index contributed by atoms with van der Waals surface area (Å²) in [4.78, 5) is 11.2. The van der Waals surface area contributed by atoms with E-state index in [0.29, 0.717) is 10.9 Å². The van der Waals surface area contributed by atoms with Crippen molar-refractivity contribution in [2.75, 3.05) is 0 Å². The fraction of sp³-hybridized carbons (Fsp3) is 0.167. The summed E-state index contributed by atoms with van der Waals surface area (Å²) < 4.78 is 19.3. The summed E-state index contributed by atoms with van der Waals surface area (Å²) in [5.41, 5.74) is 0.0436. The third-order valence-corrected chi connectivity index (χ3v) is 2.98. The second-order valence-electron chi connectivity index (χ2n) is 3.61. The Hall–Kier alpha value is -1.69. The predicted molar refractivity (Wildman–Crippen MR) is 65.9 cm³/mol. The molecule has 0 fully saturated rings. The number of nitrogens with zero attached hydrogens (tertiary/aromatic N) is 1. The van der Waals surface area contributed by atoms with E-state index < -0.39 is 11.8 Å². The maximum Gasteiger partial charge on any atom is 0.341 e. The first kappa shape index (κ1) is 12.8. The molecule has 0 saturated carbocycles. The van der Waals surface area contributed by atoms with Crippen LogP contribution in [0.1, 0.15) is 23.0 Å². The number of aromatic nitrogens is 1. The summed E-state index contributed by atoms with van der Waals surface area (Å²) >= 11 is 3.13. The lowest BCUT2D eigenvalue weighted by Gasteiger charge is -2.01. The van der Waals surface area contributed by atoms with E-state index in [4.69, 9.17) is 9.63 Å². The molecule has 6 heteroatoms. The number of aromatic carboxylic acids is 1. The minimum atomic E-state index is -1.18. The molecular formula is C12H9BrFNO3. The molecule has 18 heavy (non-hydrogen) atoms. The molecule has 2 aromatic rings. The zero-order valence-corrected chi connectivity index (χ0v) is 11.0. The van der Waals surface area contributed by atoms with Crippen LogP contribution in [-0.4, -0.2) is 16.2 Å². The number of carboxylic acid groups (broad SMARTS) is 1. The quantitative estimate of drug-likeness (QED) is 0.942. The highest BCUT2D eigenvalue weighted by Gasteiger charge is 2.24. The highest BCUT2D eigenvalue weighted by molar-refractivity contribution is 9.10. The first-order valence-corrected chi connectivity index (χ1v) is 6.01. The van der Waals surface area contributed by atoms with Gasteiger partial charge in [-0.15, -0.1) is 0 Å². The van der Waals surface area contributed by atoms with E-state index in [2.05, 4.69) is 21.1 Å². The van der Waals surface area contributed by atoms with Gasteiger partial charge in [0.05, 0.1) is 0 Å². The average molecular weight is 314 g/mol. The van der Waals surface area contributed by atoms with Gasteiger partial charge in [-0.05, 0) is 18.2 Å². The molecule has 0 unspecified atom stereocenters. The summed E-state index contributed by atoms with van der Waals surface area (Å²) in [7, 11) is 0. The lowest BCUT2D eigenvalue weighted by atomic mass is 10.0. The lowest BCUT2D eigenvalue weighted by molar-refractivity contribution is 0.0695. The van der Waals surface area contributed by atoms with Crippen molar-refractivity contribution in [3.63, 3.8) is 0 Å². The van der Waals surface area contributed by atoms with E-state index in [1.807, 2.05) is 0 Å². The van der Waals surface area contributed by atoms with E-state index in [1.165, 1.54) is 12.1 Å². The monoisotopic (exact) mass is 313 g/mol. The third-order valence-electron chi connectivity index (χ3n) is 2.48. The molecule has 0 spiro atoms. The summed E-state index contributed by atoms with van der Waals surface area (Å²) in [6.07, 6.45) is 0.382. The van der Waals surface area contributed by atoms with Crippen molar-refractivity contribution in [1.82, 2.24) is 5.16 Å². The molecule has 0 radical (unpaired) electrons. The van der Waals surface area contributed by atoms with Crippen molar-refractivity contribution >= 4 is 21.9 Å². The molecule has 1 N–H and O–H groups in total. The van der Waals surface area contributed by atoms with Gasteiger partial charge in [-0.1, -0.05) is 28.0 Å². The number of hydrogen-bond acceptors (Lipinski definition) is 3. The van der Waals surface area contributed by atoms with Crippen LogP contribution >= 0.6 is 15.9 Å². The van der Waals surface area contributed by atoms with Gasteiger partial charge in [-0.2, -0.15) is 0 Å². The van der Waals surface area contributed by atoms with Gasteiger partial charge in [-0.3, -0.25) is 0 Å². The molecule has 94 valence electrons. The zero-order valence-electron chi connectivity index (χ0n) is 9.41. The van der Waals surface area contributed by atoms with Crippen molar-refractivity contribution < 1.29 is 18.8 Å². The molecule has 0 saturated heterocycles. The minimum Gasteiger partial charge on any atom is -0.477 e.